The predicted molar refractivity (Wildman–Crippen MR) is 67.0 cm³/mol. The number of H-pyrrole nitrogens is 1. The van der Waals surface area contributed by atoms with Crippen molar-refractivity contribution < 1.29 is 8.42 Å². The van der Waals surface area contributed by atoms with Crippen molar-refractivity contribution in [3.8, 4) is 0 Å². The van der Waals surface area contributed by atoms with Gasteiger partial charge in [-0.2, -0.15) is 0 Å². The molecule has 1 aromatic carbocycles. The van der Waals surface area contributed by atoms with Gasteiger partial charge >= 0.3 is 0 Å². The molecule has 0 saturated carbocycles. The van der Waals surface area contributed by atoms with Crippen LogP contribution in [0, 0.1) is 0 Å². The highest BCUT2D eigenvalue weighted by Crippen LogP contribution is 2.11. The Kier molecular flexibility index (Phi) is 3.44. The standard InChI is InChI=1S/C11H15N3O2S/c1-2-5-17(15,16)14-7-9-3-4-10-11(6-9)13-8-12-10/h3-4,6,8,14H,2,5,7H2,1H3,(H,12,13). The summed E-state index contributed by atoms with van der Waals surface area (Å²) in [6, 6.07) is 5.64. The van der Waals surface area contributed by atoms with E-state index in [0.29, 0.717) is 13.0 Å². The molecular weight excluding hydrogens is 238 g/mol. The lowest BCUT2D eigenvalue weighted by molar-refractivity contribution is 0.580. The van der Waals surface area contributed by atoms with Crippen LogP contribution in [0.3, 0.4) is 0 Å². The fourth-order valence-corrected chi connectivity index (χ4v) is 2.70. The number of fused-ring (bicyclic) bond motifs is 1. The van der Waals surface area contributed by atoms with Gasteiger partial charge in [-0.05, 0) is 24.1 Å². The number of rotatable bonds is 5. The van der Waals surface area contributed by atoms with Crippen molar-refractivity contribution in [2.45, 2.75) is 19.9 Å². The second-order valence-corrected chi connectivity index (χ2v) is 5.82. The van der Waals surface area contributed by atoms with E-state index >= 15 is 0 Å². The van der Waals surface area contributed by atoms with Gasteiger partial charge in [0.25, 0.3) is 0 Å². The van der Waals surface area contributed by atoms with Crippen LogP contribution in [0.4, 0.5) is 0 Å². The summed E-state index contributed by atoms with van der Waals surface area (Å²) in [5.74, 6) is 0.166. The summed E-state index contributed by atoms with van der Waals surface area (Å²) in [7, 11) is -3.15. The lowest BCUT2D eigenvalue weighted by Crippen LogP contribution is -2.25. The number of hydrogen-bond donors (Lipinski definition) is 2. The molecule has 0 saturated heterocycles. The smallest absolute Gasteiger partial charge is 0.211 e. The number of benzene rings is 1. The Labute approximate surface area is 100 Å². The van der Waals surface area contributed by atoms with Crippen LogP contribution in [0.25, 0.3) is 11.0 Å². The largest absolute Gasteiger partial charge is 0.345 e. The second kappa shape index (κ2) is 4.85. The Hall–Kier alpha value is -1.40. The van der Waals surface area contributed by atoms with Gasteiger partial charge in [0.2, 0.25) is 10.0 Å². The molecule has 17 heavy (non-hydrogen) atoms. The Bertz CT molecular complexity index is 604. The molecule has 0 spiro atoms. The molecule has 0 radical (unpaired) electrons. The molecule has 0 bridgehead atoms. The van der Waals surface area contributed by atoms with E-state index in [1.165, 1.54) is 0 Å². The van der Waals surface area contributed by atoms with Crippen LogP contribution >= 0.6 is 0 Å². The zero-order valence-electron chi connectivity index (χ0n) is 9.60. The van der Waals surface area contributed by atoms with Crippen LogP contribution in [0.15, 0.2) is 24.5 Å². The first-order chi connectivity index (χ1) is 8.11. The van der Waals surface area contributed by atoms with E-state index in [1.54, 1.807) is 6.33 Å². The summed E-state index contributed by atoms with van der Waals surface area (Å²) >= 11 is 0. The number of aromatic nitrogens is 2. The molecule has 2 aromatic rings. The molecule has 0 fully saturated rings. The van der Waals surface area contributed by atoms with Gasteiger partial charge < -0.3 is 4.98 Å². The van der Waals surface area contributed by atoms with Gasteiger partial charge in [-0.15, -0.1) is 0 Å². The minimum Gasteiger partial charge on any atom is -0.345 e. The molecule has 2 N–H and O–H groups in total. The Morgan fingerprint density at radius 2 is 2.24 bits per heavy atom. The molecule has 0 aliphatic rings. The molecule has 0 unspecified atom stereocenters. The maximum absolute atomic E-state index is 11.5. The Morgan fingerprint density at radius 3 is 3.00 bits per heavy atom. The number of imidazole rings is 1. The van der Waals surface area contributed by atoms with Gasteiger partial charge in [0.15, 0.2) is 0 Å². The molecule has 5 nitrogen and oxygen atoms in total. The number of hydrogen-bond acceptors (Lipinski definition) is 3. The van der Waals surface area contributed by atoms with Crippen molar-refractivity contribution in [3.63, 3.8) is 0 Å². The van der Waals surface area contributed by atoms with Crippen LogP contribution in [-0.4, -0.2) is 24.1 Å². The third-order valence-electron chi connectivity index (χ3n) is 2.45. The Morgan fingerprint density at radius 1 is 1.41 bits per heavy atom. The highest BCUT2D eigenvalue weighted by Gasteiger charge is 2.08. The summed E-state index contributed by atoms with van der Waals surface area (Å²) in [6.45, 7) is 2.16. The van der Waals surface area contributed by atoms with E-state index < -0.39 is 10.0 Å². The first kappa shape index (κ1) is 12.1. The Balaban J connectivity index is 2.08. The number of nitrogens with zero attached hydrogens (tertiary/aromatic N) is 1. The van der Waals surface area contributed by atoms with Crippen molar-refractivity contribution in [2.24, 2.45) is 0 Å². The normalized spacial score (nSPS) is 12.1. The molecule has 0 aliphatic heterocycles. The molecule has 0 amide bonds. The highest BCUT2D eigenvalue weighted by atomic mass is 32.2. The summed E-state index contributed by atoms with van der Waals surface area (Å²) in [6.07, 6.45) is 2.24. The van der Waals surface area contributed by atoms with Crippen molar-refractivity contribution in [1.82, 2.24) is 14.7 Å². The molecule has 92 valence electrons. The van der Waals surface area contributed by atoms with Gasteiger partial charge in [-0.1, -0.05) is 13.0 Å². The fraction of sp³-hybridized carbons (Fsp3) is 0.364. The minimum absolute atomic E-state index is 0.166. The maximum Gasteiger partial charge on any atom is 0.211 e. The predicted octanol–water partition coefficient (Wildman–Crippen LogP) is 1.39. The van der Waals surface area contributed by atoms with Gasteiger partial charge in [0.05, 0.1) is 23.1 Å². The first-order valence-electron chi connectivity index (χ1n) is 5.50. The summed E-state index contributed by atoms with van der Waals surface area (Å²) in [4.78, 5) is 7.10. The van der Waals surface area contributed by atoms with Crippen molar-refractivity contribution in [2.75, 3.05) is 5.75 Å². The number of nitrogens with one attached hydrogen (secondary N) is 2. The van der Waals surface area contributed by atoms with Crippen molar-refractivity contribution in [1.29, 1.82) is 0 Å². The molecule has 0 aliphatic carbocycles. The SMILES string of the molecule is CCCS(=O)(=O)NCc1ccc2nc[nH]c2c1. The van der Waals surface area contributed by atoms with Gasteiger partial charge in [0.1, 0.15) is 0 Å². The molecule has 2 rings (SSSR count). The second-order valence-electron chi connectivity index (χ2n) is 3.89. The summed E-state index contributed by atoms with van der Waals surface area (Å²) in [5.41, 5.74) is 2.71. The zero-order valence-corrected chi connectivity index (χ0v) is 10.4. The van der Waals surface area contributed by atoms with Crippen LogP contribution < -0.4 is 4.72 Å². The monoisotopic (exact) mass is 253 g/mol. The van der Waals surface area contributed by atoms with E-state index in [9.17, 15) is 8.42 Å². The molecule has 0 atom stereocenters. The first-order valence-corrected chi connectivity index (χ1v) is 7.15. The molecular formula is C11H15N3O2S. The highest BCUT2D eigenvalue weighted by molar-refractivity contribution is 7.89. The lowest BCUT2D eigenvalue weighted by Gasteiger charge is -2.05. The van der Waals surface area contributed by atoms with E-state index in [4.69, 9.17) is 0 Å². The van der Waals surface area contributed by atoms with E-state index in [-0.39, 0.29) is 5.75 Å². The van der Waals surface area contributed by atoms with E-state index in [1.807, 2.05) is 25.1 Å². The van der Waals surface area contributed by atoms with E-state index in [0.717, 1.165) is 16.6 Å². The minimum atomic E-state index is -3.15. The maximum atomic E-state index is 11.5. The summed E-state index contributed by atoms with van der Waals surface area (Å²) in [5, 5.41) is 0. The quantitative estimate of drug-likeness (QED) is 0.845. The van der Waals surface area contributed by atoms with Gasteiger partial charge in [0, 0.05) is 6.54 Å². The van der Waals surface area contributed by atoms with Crippen LogP contribution in [0.5, 0.6) is 0 Å². The fourth-order valence-electron chi connectivity index (χ4n) is 1.63. The zero-order chi connectivity index (χ0) is 12.3. The van der Waals surface area contributed by atoms with Gasteiger partial charge in [-0.25, -0.2) is 18.1 Å². The topological polar surface area (TPSA) is 74.8 Å². The van der Waals surface area contributed by atoms with Crippen molar-refractivity contribution in [3.05, 3.63) is 30.1 Å². The molecule has 1 aromatic heterocycles. The number of aromatic amines is 1. The van der Waals surface area contributed by atoms with Crippen molar-refractivity contribution >= 4 is 21.1 Å². The average Bonchev–Trinajstić information content (AvgIpc) is 2.73. The van der Waals surface area contributed by atoms with E-state index in [2.05, 4.69) is 14.7 Å². The third kappa shape index (κ3) is 3.04. The third-order valence-corrected chi connectivity index (χ3v) is 3.98. The summed E-state index contributed by atoms with van der Waals surface area (Å²) < 4.78 is 25.5. The van der Waals surface area contributed by atoms with Crippen LogP contribution in [0.1, 0.15) is 18.9 Å². The average molecular weight is 253 g/mol. The van der Waals surface area contributed by atoms with Crippen LogP contribution in [0.2, 0.25) is 0 Å². The lowest BCUT2D eigenvalue weighted by atomic mass is 10.2. The molecule has 1 heterocycles. The van der Waals surface area contributed by atoms with Gasteiger partial charge in [-0.3, -0.25) is 0 Å². The van der Waals surface area contributed by atoms with Crippen LogP contribution in [-0.2, 0) is 16.6 Å². The molecule has 6 heteroatoms. The number of sulfonamides is 1.